The molecule has 6 nitrogen and oxygen atoms in total. The molecule has 1 rings (SSSR count). The highest BCUT2D eigenvalue weighted by Gasteiger charge is 2.25. The fourth-order valence-corrected chi connectivity index (χ4v) is 2.09. The van der Waals surface area contributed by atoms with E-state index in [0.717, 1.165) is 11.1 Å². The van der Waals surface area contributed by atoms with E-state index < -0.39 is 23.7 Å². The summed E-state index contributed by atoms with van der Waals surface area (Å²) in [6.45, 7) is 8.70. The molecule has 122 valence electrons. The van der Waals surface area contributed by atoms with Crippen molar-refractivity contribution in [3.8, 4) is 5.75 Å². The van der Waals surface area contributed by atoms with Crippen molar-refractivity contribution in [1.82, 2.24) is 5.32 Å². The molecule has 3 N–H and O–H groups in total. The summed E-state index contributed by atoms with van der Waals surface area (Å²) in [4.78, 5) is 23.1. The second-order valence-corrected chi connectivity index (χ2v) is 6.32. The Morgan fingerprint density at radius 1 is 1.27 bits per heavy atom. The Morgan fingerprint density at radius 3 is 2.32 bits per heavy atom. The Kier molecular flexibility index (Phi) is 5.41. The van der Waals surface area contributed by atoms with Gasteiger partial charge in [0.1, 0.15) is 17.4 Å². The highest BCUT2D eigenvalue weighted by molar-refractivity contribution is 5.80. The average Bonchev–Trinajstić information content (AvgIpc) is 2.29. The third-order valence-corrected chi connectivity index (χ3v) is 2.99. The van der Waals surface area contributed by atoms with Gasteiger partial charge in [0.2, 0.25) is 0 Å². The molecule has 1 atom stereocenters. The summed E-state index contributed by atoms with van der Waals surface area (Å²) >= 11 is 0. The quantitative estimate of drug-likeness (QED) is 0.794. The molecule has 6 heteroatoms. The number of phenolic OH excluding ortho intramolecular Hbond substituents is 1. The predicted molar refractivity (Wildman–Crippen MR) is 82.1 cm³/mol. The zero-order valence-corrected chi connectivity index (χ0v) is 13.6. The number of alkyl carbamates (subject to hydrolysis) is 1. The van der Waals surface area contributed by atoms with Crippen molar-refractivity contribution in [3.05, 3.63) is 28.8 Å². The van der Waals surface area contributed by atoms with E-state index in [4.69, 9.17) is 4.74 Å². The molecule has 0 fully saturated rings. The number of aryl methyl sites for hydroxylation is 2. The summed E-state index contributed by atoms with van der Waals surface area (Å²) in [5, 5.41) is 21.6. The third kappa shape index (κ3) is 5.27. The van der Waals surface area contributed by atoms with E-state index in [2.05, 4.69) is 5.32 Å². The molecule has 0 bridgehead atoms. The van der Waals surface area contributed by atoms with Gasteiger partial charge in [-0.05, 0) is 57.4 Å². The highest BCUT2D eigenvalue weighted by atomic mass is 16.6. The second kappa shape index (κ2) is 6.68. The molecule has 0 saturated heterocycles. The minimum Gasteiger partial charge on any atom is -0.508 e. The molecule has 1 aromatic carbocycles. The van der Waals surface area contributed by atoms with Crippen LogP contribution in [0.25, 0.3) is 0 Å². The molecule has 0 aromatic heterocycles. The number of aliphatic carboxylic acids is 1. The Labute approximate surface area is 130 Å². The van der Waals surface area contributed by atoms with Crippen molar-refractivity contribution in [1.29, 1.82) is 0 Å². The number of hydrogen-bond acceptors (Lipinski definition) is 4. The summed E-state index contributed by atoms with van der Waals surface area (Å²) in [6.07, 6.45) is -0.823. The first-order chi connectivity index (χ1) is 9.99. The number of nitrogens with one attached hydrogen (secondary N) is 1. The number of carboxylic acids is 1. The number of rotatable bonds is 4. The van der Waals surface area contributed by atoms with Crippen LogP contribution in [0.4, 0.5) is 4.79 Å². The summed E-state index contributed by atoms with van der Waals surface area (Å²) in [7, 11) is 0. The van der Waals surface area contributed by atoms with Crippen molar-refractivity contribution in [2.75, 3.05) is 0 Å². The van der Waals surface area contributed by atoms with Crippen LogP contribution < -0.4 is 5.32 Å². The van der Waals surface area contributed by atoms with Gasteiger partial charge in [0, 0.05) is 6.42 Å². The molecule has 0 aliphatic carbocycles. The number of phenols is 1. The van der Waals surface area contributed by atoms with Gasteiger partial charge in [-0.25, -0.2) is 9.59 Å². The number of hydrogen-bond donors (Lipinski definition) is 3. The van der Waals surface area contributed by atoms with E-state index >= 15 is 0 Å². The van der Waals surface area contributed by atoms with Gasteiger partial charge < -0.3 is 20.3 Å². The van der Waals surface area contributed by atoms with Crippen LogP contribution in [0.3, 0.4) is 0 Å². The van der Waals surface area contributed by atoms with E-state index in [-0.39, 0.29) is 12.2 Å². The number of benzene rings is 1. The zero-order valence-electron chi connectivity index (χ0n) is 13.6. The van der Waals surface area contributed by atoms with Gasteiger partial charge >= 0.3 is 12.1 Å². The van der Waals surface area contributed by atoms with E-state index in [1.807, 2.05) is 13.0 Å². The van der Waals surface area contributed by atoms with Crippen LogP contribution in [0.5, 0.6) is 5.75 Å². The number of ether oxygens (including phenoxy) is 1. The van der Waals surface area contributed by atoms with Gasteiger partial charge in [-0.2, -0.15) is 0 Å². The van der Waals surface area contributed by atoms with Crippen LogP contribution in [0.1, 0.15) is 37.5 Å². The molecular formula is C16H23NO5. The maximum absolute atomic E-state index is 11.7. The lowest BCUT2D eigenvalue weighted by atomic mass is 9.98. The first kappa shape index (κ1) is 17.8. The molecule has 1 aromatic rings. The summed E-state index contributed by atoms with van der Waals surface area (Å²) in [6, 6.07) is 2.23. The Bertz CT molecular complexity index is 551. The Hall–Kier alpha value is -2.24. The predicted octanol–water partition coefficient (Wildman–Crippen LogP) is 2.53. The number of carboxylic acid groups (broad SMARTS) is 1. The van der Waals surface area contributed by atoms with Crippen LogP contribution in [0, 0.1) is 13.8 Å². The van der Waals surface area contributed by atoms with E-state index in [1.54, 1.807) is 33.8 Å². The molecule has 0 aliphatic rings. The average molecular weight is 309 g/mol. The smallest absolute Gasteiger partial charge is 0.408 e. The maximum atomic E-state index is 11.7. The SMILES string of the molecule is Cc1cc(C)c(C[C@H](NC(=O)OC(C)(C)C)C(=O)O)c(O)c1. The summed E-state index contributed by atoms with van der Waals surface area (Å²) in [5.41, 5.74) is 1.43. The standard InChI is InChI=1S/C16H23NO5/c1-9-6-10(2)11(13(18)7-9)8-12(14(19)20)17-15(21)22-16(3,4)5/h6-7,12,18H,8H2,1-5H3,(H,17,21)(H,19,20)/t12-/m0/s1. The Morgan fingerprint density at radius 2 is 1.86 bits per heavy atom. The van der Waals surface area contributed by atoms with Gasteiger partial charge in [0.25, 0.3) is 0 Å². The van der Waals surface area contributed by atoms with Crippen molar-refractivity contribution in [2.45, 2.75) is 52.7 Å². The molecular weight excluding hydrogens is 286 g/mol. The second-order valence-electron chi connectivity index (χ2n) is 6.32. The van der Waals surface area contributed by atoms with Crippen LogP contribution in [0.2, 0.25) is 0 Å². The third-order valence-electron chi connectivity index (χ3n) is 2.99. The molecule has 0 saturated carbocycles. The summed E-state index contributed by atoms with van der Waals surface area (Å²) < 4.78 is 5.06. The lowest BCUT2D eigenvalue weighted by Gasteiger charge is -2.22. The van der Waals surface area contributed by atoms with Crippen LogP contribution in [-0.4, -0.2) is 33.9 Å². The van der Waals surface area contributed by atoms with E-state index in [1.165, 1.54) is 0 Å². The van der Waals surface area contributed by atoms with Crippen LogP contribution in [-0.2, 0) is 16.0 Å². The Balaban J connectivity index is 2.90. The van der Waals surface area contributed by atoms with Gasteiger partial charge in [-0.15, -0.1) is 0 Å². The lowest BCUT2D eigenvalue weighted by Crippen LogP contribution is -2.44. The maximum Gasteiger partial charge on any atom is 0.408 e. The molecule has 0 spiro atoms. The number of aromatic hydroxyl groups is 1. The zero-order chi connectivity index (χ0) is 17.1. The highest BCUT2D eigenvalue weighted by Crippen LogP contribution is 2.24. The number of carbonyl (C=O) groups excluding carboxylic acids is 1. The van der Waals surface area contributed by atoms with E-state index in [0.29, 0.717) is 5.56 Å². The van der Waals surface area contributed by atoms with Crippen molar-refractivity contribution >= 4 is 12.1 Å². The fraction of sp³-hybridized carbons (Fsp3) is 0.500. The first-order valence-corrected chi connectivity index (χ1v) is 7.01. The topological polar surface area (TPSA) is 95.9 Å². The fourth-order valence-electron chi connectivity index (χ4n) is 2.09. The minimum atomic E-state index is -1.19. The van der Waals surface area contributed by atoms with Gasteiger partial charge in [0.05, 0.1) is 0 Å². The van der Waals surface area contributed by atoms with Crippen LogP contribution >= 0.6 is 0 Å². The van der Waals surface area contributed by atoms with Crippen molar-refractivity contribution in [3.63, 3.8) is 0 Å². The van der Waals surface area contributed by atoms with Gasteiger partial charge in [-0.3, -0.25) is 0 Å². The minimum absolute atomic E-state index is 0.0213. The molecule has 1 amide bonds. The summed E-state index contributed by atoms with van der Waals surface area (Å²) in [5.74, 6) is -1.17. The van der Waals surface area contributed by atoms with Gasteiger partial charge in [-0.1, -0.05) is 6.07 Å². The van der Waals surface area contributed by atoms with Gasteiger partial charge in [0.15, 0.2) is 0 Å². The molecule has 22 heavy (non-hydrogen) atoms. The molecule has 0 unspecified atom stereocenters. The number of amides is 1. The first-order valence-electron chi connectivity index (χ1n) is 7.01. The molecule has 0 radical (unpaired) electrons. The monoisotopic (exact) mass is 309 g/mol. The largest absolute Gasteiger partial charge is 0.508 e. The van der Waals surface area contributed by atoms with E-state index in [9.17, 15) is 19.8 Å². The molecule has 0 aliphatic heterocycles. The van der Waals surface area contributed by atoms with Crippen molar-refractivity contribution < 1.29 is 24.5 Å². The number of carbonyl (C=O) groups is 2. The van der Waals surface area contributed by atoms with Crippen molar-refractivity contribution in [2.24, 2.45) is 0 Å². The lowest BCUT2D eigenvalue weighted by molar-refractivity contribution is -0.139. The van der Waals surface area contributed by atoms with Crippen LogP contribution in [0.15, 0.2) is 12.1 Å². The normalized spacial score (nSPS) is 12.6. The molecule has 0 heterocycles.